The van der Waals surface area contributed by atoms with Crippen molar-refractivity contribution in [2.75, 3.05) is 0 Å². The highest BCUT2D eigenvalue weighted by Gasteiger charge is 2.07. The molecule has 17 heavy (non-hydrogen) atoms. The molecule has 0 unspecified atom stereocenters. The van der Waals surface area contributed by atoms with Gasteiger partial charge in [0.15, 0.2) is 5.82 Å². The van der Waals surface area contributed by atoms with Gasteiger partial charge in [-0.3, -0.25) is 0 Å². The van der Waals surface area contributed by atoms with E-state index >= 15 is 0 Å². The molecule has 0 aliphatic carbocycles. The van der Waals surface area contributed by atoms with E-state index in [-0.39, 0.29) is 0 Å². The zero-order valence-corrected chi connectivity index (χ0v) is 9.01. The quantitative estimate of drug-likeness (QED) is 0.666. The van der Waals surface area contributed by atoms with Gasteiger partial charge in [0.05, 0.1) is 18.6 Å². The molecule has 3 aromatic rings. The number of benzene rings is 1. The van der Waals surface area contributed by atoms with Crippen LogP contribution in [-0.4, -0.2) is 29.8 Å². The number of para-hydroxylation sites is 1. The van der Waals surface area contributed by atoms with Gasteiger partial charge in [-0.1, -0.05) is 18.2 Å². The van der Waals surface area contributed by atoms with E-state index in [1.54, 1.807) is 17.2 Å². The van der Waals surface area contributed by atoms with E-state index in [0.29, 0.717) is 6.54 Å². The second kappa shape index (κ2) is 4.17. The topological polar surface area (TPSA) is 61.4 Å². The molecule has 0 amide bonds. The third kappa shape index (κ3) is 1.92. The zero-order valence-electron chi connectivity index (χ0n) is 9.01. The molecule has 0 aliphatic heterocycles. The predicted octanol–water partition coefficient (Wildman–Crippen LogP) is 0.907. The molecule has 0 spiro atoms. The molecule has 0 aliphatic rings. The zero-order chi connectivity index (χ0) is 11.5. The molecule has 1 aromatic carbocycles. The van der Waals surface area contributed by atoms with Gasteiger partial charge in [0.1, 0.15) is 0 Å². The van der Waals surface area contributed by atoms with Gasteiger partial charge in [-0.25, -0.2) is 4.98 Å². The predicted molar refractivity (Wildman–Crippen MR) is 60.5 cm³/mol. The van der Waals surface area contributed by atoms with Crippen LogP contribution in [0.5, 0.6) is 0 Å². The minimum atomic E-state index is 0.599. The van der Waals surface area contributed by atoms with Crippen molar-refractivity contribution in [2.45, 2.75) is 6.54 Å². The summed E-state index contributed by atoms with van der Waals surface area (Å²) < 4.78 is 3.64. The van der Waals surface area contributed by atoms with Gasteiger partial charge in [-0.15, -0.1) is 5.10 Å². The maximum Gasteiger partial charge on any atom is 0.176 e. The number of imidazole rings is 1. The van der Waals surface area contributed by atoms with Crippen LogP contribution in [0.3, 0.4) is 0 Å². The first-order chi connectivity index (χ1) is 8.43. The maximum atomic E-state index is 4.02. The van der Waals surface area contributed by atoms with Crippen LogP contribution >= 0.6 is 0 Å². The Morgan fingerprint density at radius 3 is 2.76 bits per heavy atom. The molecule has 6 heteroatoms. The van der Waals surface area contributed by atoms with Crippen molar-refractivity contribution in [1.29, 1.82) is 0 Å². The molecule has 6 nitrogen and oxygen atoms in total. The average molecular weight is 226 g/mol. The minimum absolute atomic E-state index is 0.599. The third-order valence-corrected chi connectivity index (χ3v) is 2.42. The molecule has 2 heterocycles. The molecular formula is C11H10N6. The molecule has 0 N–H and O–H groups in total. The van der Waals surface area contributed by atoms with Crippen molar-refractivity contribution in [3.8, 4) is 5.69 Å². The number of hydrogen-bond acceptors (Lipinski definition) is 4. The fourth-order valence-corrected chi connectivity index (χ4v) is 1.62. The lowest BCUT2D eigenvalue weighted by molar-refractivity contribution is 0.699. The number of hydrogen-bond donors (Lipinski definition) is 0. The Hall–Kier alpha value is -2.50. The van der Waals surface area contributed by atoms with Crippen LogP contribution in [-0.2, 0) is 6.54 Å². The first-order valence-corrected chi connectivity index (χ1v) is 5.22. The van der Waals surface area contributed by atoms with E-state index < -0.39 is 0 Å². The minimum Gasteiger partial charge on any atom is -0.330 e. The Labute approximate surface area is 97.5 Å². The monoisotopic (exact) mass is 226 g/mol. The second-order valence-electron chi connectivity index (χ2n) is 3.58. The summed E-state index contributed by atoms with van der Waals surface area (Å²) in [7, 11) is 0. The molecule has 0 bridgehead atoms. The largest absolute Gasteiger partial charge is 0.330 e. The summed E-state index contributed by atoms with van der Waals surface area (Å²) in [5.74, 6) is 0.772. The molecule has 0 atom stereocenters. The van der Waals surface area contributed by atoms with Crippen molar-refractivity contribution in [3.63, 3.8) is 0 Å². The lowest BCUT2D eigenvalue weighted by Crippen LogP contribution is -2.07. The van der Waals surface area contributed by atoms with E-state index in [9.17, 15) is 0 Å². The lowest BCUT2D eigenvalue weighted by Gasteiger charge is -2.04. The smallest absolute Gasteiger partial charge is 0.176 e. The Morgan fingerprint density at radius 2 is 2.00 bits per heavy atom. The highest BCUT2D eigenvalue weighted by atomic mass is 15.5. The molecule has 0 radical (unpaired) electrons. The number of nitrogens with zero attached hydrogens (tertiary/aromatic N) is 6. The summed E-state index contributed by atoms with van der Waals surface area (Å²) >= 11 is 0. The van der Waals surface area contributed by atoms with Gasteiger partial charge in [0, 0.05) is 12.4 Å². The van der Waals surface area contributed by atoms with E-state index in [1.807, 2.05) is 41.1 Å². The fourth-order valence-electron chi connectivity index (χ4n) is 1.62. The molecular weight excluding hydrogens is 216 g/mol. The Balaban J connectivity index is 1.95. The summed E-state index contributed by atoms with van der Waals surface area (Å²) in [6.45, 7) is 0.599. The SMILES string of the molecule is c1ccc(-n2nnnc2Cn2ccnc2)cc1. The van der Waals surface area contributed by atoms with Gasteiger partial charge in [-0.2, -0.15) is 4.68 Å². The summed E-state index contributed by atoms with van der Waals surface area (Å²) in [6.07, 6.45) is 5.35. The Kier molecular flexibility index (Phi) is 2.38. The maximum absolute atomic E-state index is 4.02. The van der Waals surface area contributed by atoms with E-state index in [1.165, 1.54) is 0 Å². The molecule has 3 rings (SSSR count). The molecule has 0 saturated heterocycles. The first kappa shape index (κ1) is 9.71. The van der Waals surface area contributed by atoms with Crippen LogP contribution in [0.1, 0.15) is 5.82 Å². The normalized spacial score (nSPS) is 10.6. The average Bonchev–Trinajstić information content (AvgIpc) is 3.02. The number of tetrazole rings is 1. The van der Waals surface area contributed by atoms with Crippen LogP contribution in [0.2, 0.25) is 0 Å². The van der Waals surface area contributed by atoms with Crippen molar-refractivity contribution in [1.82, 2.24) is 29.8 Å². The molecule has 0 saturated carbocycles. The second-order valence-corrected chi connectivity index (χ2v) is 3.58. The number of aromatic nitrogens is 6. The van der Waals surface area contributed by atoms with Gasteiger partial charge in [0.2, 0.25) is 0 Å². The van der Waals surface area contributed by atoms with Crippen molar-refractivity contribution in [3.05, 3.63) is 54.9 Å². The summed E-state index contributed by atoms with van der Waals surface area (Å²) in [4.78, 5) is 3.99. The highest BCUT2D eigenvalue weighted by Crippen LogP contribution is 2.07. The Bertz CT molecular complexity index is 583. The standard InChI is InChI=1S/C11H10N6/c1-2-4-10(5-3-1)17-11(13-14-15-17)8-16-7-6-12-9-16/h1-7,9H,8H2. The van der Waals surface area contributed by atoms with Crippen molar-refractivity contribution >= 4 is 0 Å². The van der Waals surface area contributed by atoms with E-state index in [0.717, 1.165) is 11.5 Å². The third-order valence-electron chi connectivity index (χ3n) is 2.42. The van der Waals surface area contributed by atoms with Gasteiger partial charge in [-0.05, 0) is 22.6 Å². The van der Waals surface area contributed by atoms with Crippen molar-refractivity contribution < 1.29 is 0 Å². The van der Waals surface area contributed by atoms with Crippen molar-refractivity contribution in [2.24, 2.45) is 0 Å². The van der Waals surface area contributed by atoms with Crippen LogP contribution < -0.4 is 0 Å². The van der Waals surface area contributed by atoms with Crippen LogP contribution in [0.15, 0.2) is 49.1 Å². The lowest BCUT2D eigenvalue weighted by atomic mass is 10.3. The van der Waals surface area contributed by atoms with Gasteiger partial charge >= 0.3 is 0 Å². The fraction of sp³-hybridized carbons (Fsp3) is 0.0909. The van der Waals surface area contributed by atoms with E-state index in [4.69, 9.17) is 0 Å². The van der Waals surface area contributed by atoms with E-state index in [2.05, 4.69) is 20.5 Å². The van der Waals surface area contributed by atoms with Gasteiger partial charge in [0.25, 0.3) is 0 Å². The summed E-state index contributed by atoms with van der Waals surface area (Å²) in [5, 5.41) is 11.7. The van der Waals surface area contributed by atoms with Crippen LogP contribution in [0, 0.1) is 0 Å². The van der Waals surface area contributed by atoms with Crippen LogP contribution in [0.25, 0.3) is 5.69 Å². The highest BCUT2D eigenvalue weighted by molar-refractivity contribution is 5.30. The van der Waals surface area contributed by atoms with Gasteiger partial charge < -0.3 is 4.57 Å². The Morgan fingerprint density at radius 1 is 1.12 bits per heavy atom. The summed E-state index contributed by atoms with van der Waals surface area (Å²) in [6, 6.07) is 9.81. The molecule has 2 aromatic heterocycles. The number of rotatable bonds is 3. The molecule has 84 valence electrons. The van der Waals surface area contributed by atoms with Crippen LogP contribution in [0.4, 0.5) is 0 Å². The molecule has 0 fully saturated rings. The first-order valence-electron chi connectivity index (χ1n) is 5.22. The summed E-state index contributed by atoms with van der Waals surface area (Å²) in [5.41, 5.74) is 0.951.